The Bertz CT molecular complexity index is 503. The van der Waals surface area contributed by atoms with E-state index in [1.807, 2.05) is 30.3 Å². The van der Waals surface area contributed by atoms with E-state index in [1.54, 1.807) is 0 Å². The van der Waals surface area contributed by atoms with Crippen LogP contribution in [0.5, 0.6) is 0 Å². The summed E-state index contributed by atoms with van der Waals surface area (Å²) in [7, 11) is 2.80. The van der Waals surface area contributed by atoms with Crippen LogP contribution in [-0.4, -0.2) is 43.1 Å². The van der Waals surface area contributed by atoms with E-state index in [-0.39, 0.29) is 24.0 Å². The van der Waals surface area contributed by atoms with Crippen LogP contribution < -0.4 is 0 Å². The Morgan fingerprint density at radius 1 is 1.14 bits per heavy atom. The fraction of sp³-hybridized carbons (Fsp3) is 0.529. The SMILES string of the molecule is COC(=O)CC1CCCC(C(=O)OC)N1Cc1ccccc1. The van der Waals surface area contributed by atoms with Crippen molar-refractivity contribution in [3.8, 4) is 0 Å². The largest absolute Gasteiger partial charge is 0.469 e. The summed E-state index contributed by atoms with van der Waals surface area (Å²) in [5.74, 6) is -0.473. The van der Waals surface area contributed by atoms with Gasteiger partial charge in [-0.25, -0.2) is 0 Å². The molecule has 1 aliphatic rings. The minimum atomic E-state index is -0.298. The van der Waals surface area contributed by atoms with Gasteiger partial charge in [0.25, 0.3) is 0 Å². The van der Waals surface area contributed by atoms with E-state index in [9.17, 15) is 9.59 Å². The number of piperidine rings is 1. The minimum Gasteiger partial charge on any atom is -0.469 e. The molecule has 22 heavy (non-hydrogen) atoms. The quantitative estimate of drug-likeness (QED) is 0.780. The van der Waals surface area contributed by atoms with Gasteiger partial charge in [-0.05, 0) is 24.8 Å². The number of hydrogen-bond donors (Lipinski definition) is 0. The van der Waals surface area contributed by atoms with Crippen LogP contribution in [0.25, 0.3) is 0 Å². The molecule has 0 aromatic heterocycles. The van der Waals surface area contributed by atoms with Gasteiger partial charge in [0.15, 0.2) is 0 Å². The van der Waals surface area contributed by atoms with E-state index in [0.29, 0.717) is 13.0 Å². The third kappa shape index (κ3) is 4.07. The predicted molar refractivity (Wildman–Crippen MR) is 82.1 cm³/mol. The zero-order chi connectivity index (χ0) is 15.9. The molecule has 2 rings (SSSR count). The molecule has 1 aromatic carbocycles. The molecule has 0 N–H and O–H groups in total. The lowest BCUT2D eigenvalue weighted by molar-refractivity contribution is -0.153. The zero-order valence-corrected chi connectivity index (χ0v) is 13.2. The number of nitrogens with zero attached hydrogens (tertiary/aromatic N) is 1. The van der Waals surface area contributed by atoms with Crippen molar-refractivity contribution in [2.75, 3.05) is 14.2 Å². The first-order valence-electron chi connectivity index (χ1n) is 7.60. The number of benzene rings is 1. The Labute approximate surface area is 131 Å². The fourth-order valence-electron chi connectivity index (χ4n) is 3.05. The highest BCUT2D eigenvalue weighted by molar-refractivity contribution is 5.76. The summed E-state index contributed by atoms with van der Waals surface area (Å²) in [5.41, 5.74) is 1.12. The molecule has 1 aliphatic heterocycles. The molecule has 0 spiro atoms. The van der Waals surface area contributed by atoms with Crippen LogP contribution in [0.2, 0.25) is 0 Å². The second kappa shape index (κ2) is 7.94. The van der Waals surface area contributed by atoms with Gasteiger partial charge in [-0.1, -0.05) is 30.3 Å². The molecule has 120 valence electrons. The van der Waals surface area contributed by atoms with E-state index in [2.05, 4.69) is 4.90 Å². The summed E-state index contributed by atoms with van der Waals surface area (Å²) in [5, 5.41) is 0. The van der Waals surface area contributed by atoms with Crippen LogP contribution in [0.1, 0.15) is 31.2 Å². The van der Waals surface area contributed by atoms with Gasteiger partial charge < -0.3 is 9.47 Å². The van der Waals surface area contributed by atoms with Crippen molar-refractivity contribution in [3.05, 3.63) is 35.9 Å². The van der Waals surface area contributed by atoms with Gasteiger partial charge in [0.2, 0.25) is 0 Å². The Kier molecular flexibility index (Phi) is 5.95. The maximum Gasteiger partial charge on any atom is 0.323 e. The molecule has 1 saturated heterocycles. The number of esters is 2. The van der Waals surface area contributed by atoms with E-state index in [4.69, 9.17) is 9.47 Å². The summed E-state index contributed by atoms with van der Waals surface area (Å²) in [6.45, 7) is 0.627. The van der Waals surface area contributed by atoms with Crippen LogP contribution in [0.15, 0.2) is 30.3 Å². The van der Waals surface area contributed by atoms with Crippen molar-refractivity contribution in [2.45, 2.75) is 44.3 Å². The maximum absolute atomic E-state index is 12.1. The third-order valence-electron chi connectivity index (χ3n) is 4.20. The standard InChI is InChI=1S/C17H23NO4/c1-21-16(19)11-14-9-6-10-15(17(20)22-2)18(14)12-13-7-4-3-5-8-13/h3-5,7-8,14-15H,6,9-12H2,1-2H3. The molecule has 0 aliphatic carbocycles. The Hall–Kier alpha value is -1.88. The van der Waals surface area contributed by atoms with Gasteiger partial charge in [-0.15, -0.1) is 0 Å². The molecular formula is C17H23NO4. The first kappa shape index (κ1) is 16.5. The van der Waals surface area contributed by atoms with Crippen molar-refractivity contribution in [2.24, 2.45) is 0 Å². The van der Waals surface area contributed by atoms with E-state index < -0.39 is 0 Å². The predicted octanol–water partition coefficient (Wildman–Crippen LogP) is 2.15. The highest BCUT2D eigenvalue weighted by Crippen LogP contribution is 2.28. The van der Waals surface area contributed by atoms with Gasteiger partial charge in [0.05, 0.1) is 20.6 Å². The maximum atomic E-state index is 12.1. The Morgan fingerprint density at radius 3 is 2.50 bits per heavy atom. The molecule has 5 heteroatoms. The summed E-state index contributed by atoms with van der Waals surface area (Å²) >= 11 is 0. The van der Waals surface area contributed by atoms with E-state index in [0.717, 1.165) is 24.8 Å². The summed E-state index contributed by atoms with van der Waals surface area (Å²) in [4.78, 5) is 25.8. The average Bonchev–Trinajstić information content (AvgIpc) is 2.56. The molecule has 1 heterocycles. The fourth-order valence-corrected chi connectivity index (χ4v) is 3.05. The lowest BCUT2D eigenvalue weighted by Crippen LogP contribution is -2.51. The van der Waals surface area contributed by atoms with E-state index >= 15 is 0 Å². The van der Waals surface area contributed by atoms with Crippen LogP contribution in [0.4, 0.5) is 0 Å². The van der Waals surface area contributed by atoms with Crippen molar-refractivity contribution in [1.82, 2.24) is 4.90 Å². The monoisotopic (exact) mass is 305 g/mol. The zero-order valence-electron chi connectivity index (χ0n) is 13.2. The third-order valence-corrected chi connectivity index (χ3v) is 4.20. The smallest absolute Gasteiger partial charge is 0.323 e. The molecule has 0 radical (unpaired) electrons. The molecule has 1 fully saturated rings. The van der Waals surface area contributed by atoms with Gasteiger partial charge in [0, 0.05) is 12.6 Å². The lowest BCUT2D eigenvalue weighted by Gasteiger charge is -2.40. The van der Waals surface area contributed by atoms with Crippen LogP contribution in [0, 0.1) is 0 Å². The van der Waals surface area contributed by atoms with Crippen molar-refractivity contribution in [1.29, 1.82) is 0 Å². The first-order chi connectivity index (χ1) is 10.7. The number of methoxy groups -OCH3 is 2. The number of rotatable bonds is 5. The number of hydrogen-bond acceptors (Lipinski definition) is 5. The molecule has 5 nitrogen and oxygen atoms in total. The topological polar surface area (TPSA) is 55.8 Å². The first-order valence-corrected chi connectivity index (χ1v) is 7.60. The molecule has 2 atom stereocenters. The second-order valence-electron chi connectivity index (χ2n) is 5.56. The Balaban J connectivity index is 2.19. The van der Waals surface area contributed by atoms with Crippen LogP contribution >= 0.6 is 0 Å². The number of ether oxygens (including phenoxy) is 2. The van der Waals surface area contributed by atoms with Crippen molar-refractivity contribution < 1.29 is 19.1 Å². The minimum absolute atomic E-state index is 0.00510. The molecule has 0 amide bonds. The summed E-state index contributed by atoms with van der Waals surface area (Å²) < 4.78 is 9.73. The van der Waals surface area contributed by atoms with E-state index in [1.165, 1.54) is 14.2 Å². The summed E-state index contributed by atoms with van der Waals surface area (Å²) in [6, 6.07) is 9.67. The second-order valence-corrected chi connectivity index (χ2v) is 5.56. The number of carbonyl (C=O) groups excluding carboxylic acids is 2. The van der Waals surface area contributed by atoms with Crippen LogP contribution in [-0.2, 0) is 25.6 Å². The average molecular weight is 305 g/mol. The number of likely N-dealkylation sites (tertiary alicyclic amines) is 1. The van der Waals surface area contributed by atoms with Gasteiger partial charge in [-0.2, -0.15) is 0 Å². The summed E-state index contributed by atoms with van der Waals surface area (Å²) in [6.07, 6.45) is 2.86. The van der Waals surface area contributed by atoms with Crippen LogP contribution in [0.3, 0.4) is 0 Å². The van der Waals surface area contributed by atoms with Gasteiger partial charge in [0.1, 0.15) is 6.04 Å². The van der Waals surface area contributed by atoms with Gasteiger partial charge >= 0.3 is 11.9 Å². The normalized spacial score (nSPS) is 22.1. The lowest BCUT2D eigenvalue weighted by atomic mass is 9.92. The molecule has 0 bridgehead atoms. The van der Waals surface area contributed by atoms with Crippen molar-refractivity contribution in [3.63, 3.8) is 0 Å². The highest BCUT2D eigenvalue weighted by Gasteiger charge is 2.36. The van der Waals surface area contributed by atoms with Crippen molar-refractivity contribution >= 4 is 11.9 Å². The number of carbonyl (C=O) groups is 2. The highest BCUT2D eigenvalue weighted by atomic mass is 16.5. The Morgan fingerprint density at radius 2 is 1.86 bits per heavy atom. The molecular weight excluding hydrogens is 282 g/mol. The molecule has 2 unspecified atom stereocenters. The molecule has 1 aromatic rings. The van der Waals surface area contributed by atoms with Gasteiger partial charge in [-0.3, -0.25) is 14.5 Å². The molecule has 0 saturated carbocycles.